The van der Waals surface area contributed by atoms with E-state index in [1.165, 1.54) is 6.07 Å². The predicted octanol–water partition coefficient (Wildman–Crippen LogP) is 2.41. The van der Waals surface area contributed by atoms with Crippen molar-refractivity contribution in [2.45, 2.75) is 27.3 Å². The van der Waals surface area contributed by atoms with Crippen LogP contribution >= 0.6 is 0 Å². The number of aliphatic imine (C=N–C) groups is 1. The Balaban J connectivity index is 2.73. The lowest BCUT2D eigenvalue weighted by Crippen LogP contribution is -2.39. The molecule has 5 heteroatoms. The molecule has 0 radical (unpaired) electrons. The van der Waals surface area contributed by atoms with Crippen molar-refractivity contribution in [1.82, 2.24) is 10.6 Å². The Labute approximate surface area is 119 Å². The van der Waals surface area contributed by atoms with Crippen LogP contribution in [0.25, 0.3) is 0 Å². The molecule has 0 aliphatic heterocycles. The number of rotatable bonds is 5. The average Bonchev–Trinajstić information content (AvgIpc) is 2.42. The van der Waals surface area contributed by atoms with Gasteiger partial charge in [-0.1, -0.05) is 19.9 Å². The maximum Gasteiger partial charge on any atom is 0.191 e. The van der Waals surface area contributed by atoms with Gasteiger partial charge in [0.25, 0.3) is 0 Å². The number of nitriles is 1. The van der Waals surface area contributed by atoms with E-state index in [4.69, 9.17) is 5.26 Å². The first-order valence-electron chi connectivity index (χ1n) is 6.77. The third kappa shape index (κ3) is 5.27. The van der Waals surface area contributed by atoms with Gasteiger partial charge in [0, 0.05) is 18.7 Å². The minimum absolute atomic E-state index is 0.241. The first kappa shape index (κ1) is 16.0. The van der Waals surface area contributed by atoms with E-state index >= 15 is 0 Å². The Morgan fingerprint density at radius 3 is 2.70 bits per heavy atom. The maximum atomic E-state index is 13.7. The second-order valence-corrected chi connectivity index (χ2v) is 4.89. The van der Waals surface area contributed by atoms with Gasteiger partial charge in [-0.25, -0.2) is 9.38 Å². The monoisotopic (exact) mass is 276 g/mol. The summed E-state index contributed by atoms with van der Waals surface area (Å²) in [6.45, 7) is 8.00. The van der Waals surface area contributed by atoms with Crippen LogP contribution in [0.4, 0.5) is 4.39 Å². The molecule has 1 aromatic rings. The quantitative estimate of drug-likeness (QED) is 0.641. The van der Waals surface area contributed by atoms with E-state index in [0.717, 1.165) is 13.1 Å². The lowest BCUT2D eigenvalue weighted by atomic mass is 10.1. The molecule has 0 aliphatic rings. The SMILES string of the molecule is CCNC(=NCc1ccc(C#N)cc1F)NCC(C)C. The molecule has 1 aromatic carbocycles. The molecule has 0 amide bonds. The number of hydrogen-bond donors (Lipinski definition) is 2. The second kappa shape index (κ2) is 8.16. The molecule has 0 bridgehead atoms. The molecule has 0 fully saturated rings. The topological polar surface area (TPSA) is 60.2 Å². The Kier molecular flexibility index (Phi) is 6.51. The number of hydrogen-bond acceptors (Lipinski definition) is 2. The molecule has 1 rings (SSSR count). The molecule has 0 saturated carbocycles. The van der Waals surface area contributed by atoms with E-state index < -0.39 is 5.82 Å². The Bertz CT molecular complexity index is 503. The van der Waals surface area contributed by atoms with Crippen LogP contribution < -0.4 is 10.6 Å². The lowest BCUT2D eigenvalue weighted by molar-refractivity contribution is 0.605. The highest BCUT2D eigenvalue weighted by molar-refractivity contribution is 5.79. The molecular weight excluding hydrogens is 255 g/mol. The number of benzene rings is 1. The van der Waals surface area contributed by atoms with Gasteiger partial charge < -0.3 is 10.6 Å². The van der Waals surface area contributed by atoms with E-state index in [9.17, 15) is 4.39 Å². The van der Waals surface area contributed by atoms with Gasteiger partial charge in [0.1, 0.15) is 5.82 Å². The van der Waals surface area contributed by atoms with Crippen molar-refractivity contribution in [3.63, 3.8) is 0 Å². The maximum absolute atomic E-state index is 13.7. The van der Waals surface area contributed by atoms with Crippen LogP contribution in [0.5, 0.6) is 0 Å². The molecule has 0 saturated heterocycles. The van der Waals surface area contributed by atoms with Crippen molar-refractivity contribution < 1.29 is 4.39 Å². The van der Waals surface area contributed by atoms with E-state index in [2.05, 4.69) is 29.5 Å². The highest BCUT2D eigenvalue weighted by atomic mass is 19.1. The minimum Gasteiger partial charge on any atom is -0.357 e. The van der Waals surface area contributed by atoms with Gasteiger partial charge in [-0.3, -0.25) is 0 Å². The highest BCUT2D eigenvalue weighted by Gasteiger charge is 2.04. The van der Waals surface area contributed by atoms with Gasteiger partial charge in [0.15, 0.2) is 5.96 Å². The first-order chi connectivity index (χ1) is 9.56. The number of nitrogens with zero attached hydrogens (tertiary/aromatic N) is 2. The summed E-state index contributed by atoms with van der Waals surface area (Å²) in [5.41, 5.74) is 0.797. The number of guanidine groups is 1. The zero-order valence-corrected chi connectivity index (χ0v) is 12.2. The molecule has 0 aromatic heterocycles. The first-order valence-corrected chi connectivity index (χ1v) is 6.77. The molecule has 0 unspecified atom stereocenters. The summed E-state index contributed by atoms with van der Waals surface area (Å²) in [7, 11) is 0. The van der Waals surface area contributed by atoms with E-state index in [-0.39, 0.29) is 6.54 Å². The third-order valence-electron chi connectivity index (χ3n) is 2.61. The normalized spacial score (nSPS) is 11.3. The van der Waals surface area contributed by atoms with Gasteiger partial charge in [-0.15, -0.1) is 0 Å². The van der Waals surface area contributed by atoms with Gasteiger partial charge in [0.05, 0.1) is 18.2 Å². The van der Waals surface area contributed by atoms with Crippen LogP contribution in [0.2, 0.25) is 0 Å². The summed E-state index contributed by atoms with van der Waals surface area (Å²) in [5, 5.41) is 15.0. The average molecular weight is 276 g/mol. The smallest absolute Gasteiger partial charge is 0.191 e. The summed E-state index contributed by atoms with van der Waals surface area (Å²) in [4.78, 5) is 4.34. The molecule has 0 aliphatic carbocycles. The molecule has 4 nitrogen and oxygen atoms in total. The summed E-state index contributed by atoms with van der Waals surface area (Å²) >= 11 is 0. The Morgan fingerprint density at radius 1 is 1.40 bits per heavy atom. The van der Waals surface area contributed by atoms with Crippen molar-refractivity contribution in [3.8, 4) is 6.07 Å². The van der Waals surface area contributed by atoms with E-state index in [1.807, 2.05) is 13.0 Å². The Morgan fingerprint density at radius 2 is 2.15 bits per heavy atom. The van der Waals surface area contributed by atoms with Crippen molar-refractivity contribution in [2.24, 2.45) is 10.9 Å². The van der Waals surface area contributed by atoms with Crippen LogP contribution in [-0.4, -0.2) is 19.0 Å². The van der Waals surface area contributed by atoms with Crippen LogP contribution in [0.15, 0.2) is 23.2 Å². The summed E-state index contributed by atoms with van der Waals surface area (Å²) in [6, 6.07) is 6.35. The fraction of sp³-hybridized carbons (Fsp3) is 0.467. The van der Waals surface area contributed by atoms with Gasteiger partial charge in [-0.05, 0) is 25.0 Å². The lowest BCUT2D eigenvalue weighted by Gasteiger charge is -2.13. The summed E-state index contributed by atoms with van der Waals surface area (Å²) in [6.07, 6.45) is 0. The van der Waals surface area contributed by atoms with Crippen LogP contribution in [0, 0.1) is 23.1 Å². The van der Waals surface area contributed by atoms with Crippen molar-refractivity contribution in [2.75, 3.05) is 13.1 Å². The zero-order valence-electron chi connectivity index (χ0n) is 12.2. The highest BCUT2D eigenvalue weighted by Crippen LogP contribution is 2.10. The molecule has 0 atom stereocenters. The fourth-order valence-corrected chi connectivity index (χ4v) is 1.55. The minimum atomic E-state index is -0.396. The van der Waals surface area contributed by atoms with E-state index in [0.29, 0.717) is 23.0 Å². The van der Waals surface area contributed by atoms with Crippen LogP contribution in [0.3, 0.4) is 0 Å². The summed E-state index contributed by atoms with van der Waals surface area (Å²) < 4.78 is 13.7. The van der Waals surface area contributed by atoms with Gasteiger partial charge in [-0.2, -0.15) is 5.26 Å². The van der Waals surface area contributed by atoms with Crippen molar-refractivity contribution >= 4 is 5.96 Å². The fourth-order valence-electron chi connectivity index (χ4n) is 1.55. The largest absolute Gasteiger partial charge is 0.357 e. The third-order valence-corrected chi connectivity index (χ3v) is 2.61. The second-order valence-electron chi connectivity index (χ2n) is 4.89. The molecular formula is C15H21FN4. The summed E-state index contributed by atoms with van der Waals surface area (Å²) in [5.74, 6) is 0.781. The standard InChI is InChI=1S/C15H21FN4/c1-4-18-15(19-9-11(2)3)20-10-13-6-5-12(8-17)7-14(13)16/h5-7,11H,4,9-10H2,1-3H3,(H2,18,19,20). The van der Waals surface area contributed by atoms with Crippen molar-refractivity contribution in [3.05, 3.63) is 35.1 Å². The van der Waals surface area contributed by atoms with E-state index in [1.54, 1.807) is 12.1 Å². The zero-order chi connectivity index (χ0) is 15.0. The Hall–Kier alpha value is -2.09. The molecule has 20 heavy (non-hydrogen) atoms. The molecule has 108 valence electrons. The van der Waals surface area contributed by atoms with Crippen molar-refractivity contribution in [1.29, 1.82) is 5.26 Å². The van der Waals surface area contributed by atoms with Gasteiger partial charge >= 0.3 is 0 Å². The molecule has 2 N–H and O–H groups in total. The van der Waals surface area contributed by atoms with Crippen LogP contribution in [-0.2, 0) is 6.54 Å². The number of nitrogens with one attached hydrogen (secondary N) is 2. The predicted molar refractivity (Wildman–Crippen MR) is 78.8 cm³/mol. The van der Waals surface area contributed by atoms with Gasteiger partial charge in [0.2, 0.25) is 0 Å². The van der Waals surface area contributed by atoms with Crippen LogP contribution in [0.1, 0.15) is 31.9 Å². The number of halogens is 1. The molecule has 0 spiro atoms. The molecule has 0 heterocycles.